The van der Waals surface area contributed by atoms with Crippen molar-refractivity contribution in [1.82, 2.24) is 5.32 Å². The molecule has 0 fully saturated rings. The van der Waals surface area contributed by atoms with Gasteiger partial charge >= 0.3 is 6.03 Å². The number of rotatable bonds is 6. The number of anilines is 1. The van der Waals surface area contributed by atoms with Gasteiger partial charge in [-0.05, 0) is 35.9 Å². The standard InChI is InChI=1S/C17H19ClN2O4/c1-22-14-7-5-12(9-13(14)18)20-17(21)19-10-11-4-6-15(23-2)16(8-11)24-3/h4-9H,10H2,1-3H3,(H2,19,20,21). The number of hydrogen-bond acceptors (Lipinski definition) is 4. The Kier molecular flexibility index (Phi) is 6.14. The van der Waals surface area contributed by atoms with Gasteiger partial charge in [-0.25, -0.2) is 4.79 Å². The molecule has 7 heteroatoms. The van der Waals surface area contributed by atoms with E-state index < -0.39 is 0 Å². The first-order valence-corrected chi connectivity index (χ1v) is 7.54. The molecule has 2 rings (SSSR count). The highest BCUT2D eigenvalue weighted by atomic mass is 35.5. The van der Waals surface area contributed by atoms with Crippen molar-refractivity contribution in [3.05, 3.63) is 47.0 Å². The van der Waals surface area contributed by atoms with Gasteiger partial charge in [-0.3, -0.25) is 0 Å². The third-order valence-corrected chi connectivity index (χ3v) is 3.61. The molecule has 0 heterocycles. The van der Waals surface area contributed by atoms with Gasteiger partial charge in [-0.1, -0.05) is 17.7 Å². The predicted octanol–water partition coefficient (Wildman–Crippen LogP) is 3.69. The molecule has 0 bridgehead atoms. The smallest absolute Gasteiger partial charge is 0.319 e. The summed E-state index contributed by atoms with van der Waals surface area (Å²) in [5.41, 5.74) is 1.46. The van der Waals surface area contributed by atoms with Crippen LogP contribution < -0.4 is 24.8 Å². The quantitative estimate of drug-likeness (QED) is 0.833. The number of hydrogen-bond donors (Lipinski definition) is 2. The maximum absolute atomic E-state index is 12.0. The molecule has 128 valence electrons. The summed E-state index contributed by atoms with van der Waals surface area (Å²) in [6.07, 6.45) is 0. The normalized spacial score (nSPS) is 10.0. The van der Waals surface area contributed by atoms with Crippen LogP contribution in [-0.4, -0.2) is 27.4 Å². The fourth-order valence-corrected chi connectivity index (χ4v) is 2.35. The number of urea groups is 1. The first kappa shape index (κ1) is 17.7. The van der Waals surface area contributed by atoms with E-state index in [9.17, 15) is 4.79 Å². The van der Waals surface area contributed by atoms with Gasteiger partial charge in [0, 0.05) is 12.2 Å². The fraction of sp³-hybridized carbons (Fsp3) is 0.235. The lowest BCUT2D eigenvalue weighted by atomic mass is 10.2. The van der Waals surface area contributed by atoms with E-state index in [-0.39, 0.29) is 6.03 Å². The van der Waals surface area contributed by atoms with Gasteiger partial charge < -0.3 is 24.8 Å². The van der Waals surface area contributed by atoms with E-state index in [0.717, 1.165) is 5.56 Å². The van der Waals surface area contributed by atoms with Crippen LogP contribution in [0.2, 0.25) is 5.02 Å². The Bertz CT molecular complexity index is 722. The van der Waals surface area contributed by atoms with E-state index >= 15 is 0 Å². The average molecular weight is 351 g/mol. The highest BCUT2D eigenvalue weighted by molar-refractivity contribution is 6.32. The van der Waals surface area contributed by atoms with E-state index in [0.29, 0.717) is 34.5 Å². The van der Waals surface area contributed by atoms with Crippen LogP contribution in [0.5, 0.6) is 17.2 Å². The molecule has 0 saturated heterocycles. The largest absolute Gasteiger partial charge is 0.495 e. The summed E-state index contributed by atoms with van der Waals surface area (Å²) in [5, 5.41) is 5.90. The van der Waals surface area contributed by atoms with Crippen molar-refractivity contribution >= 4 is 23.3 Å². The molecular formula is C17H19ClN2O4. The van der Waals surface area contributed by atoms with E-state index in [1.165, 1.54) is 7.11 Å². The summed E-state index contributed by atoms with van der Waals surface area (Å²) in [4.78, 5) is 12.0. The summed E-state index contributed by atoms with van der Waals surface area (Å²) in [7, 11) is 4.67. The predicted molar refractivity (Wildman–Crippen MR) is 93.4 cm³/mol. The number of methoxy groups -OCH3 is 3. The summed E-state index contributed by atoms with van der Waals surface area (Å²) in [5.74, 6) is 1.80. The van der Waals surface area contributed by atoms with Gasteiger partial charge in [0.25, 0.3) is 0 Å². The van der Waals surface area contributed by atoms with Crippen LogP contribution in [0.3, 0.4) is 0 Å². The highest BCUT2D eigenvalue weighted by Crippen LogP contribution is 2.28. The molecule has 6 nitrogen and oxygen atoms in total. The molecule has 2 aromatic carbocycles. The van der Waals surface area contributed by atoms with Crippen molar-refractivity contribution in [3.63, 3.8) is 0 Å². The minimum absolute atomic E-state index is 0.342. The maximum atomic E-state index is 12.0. The van der Waals surface area contributed by atoms with E-state index in [1.807, 2.05) is 12.1 Å². The molecule has 0 aliphatic rings. The molecule has 0 aliphatic carbocycles. The van der Waals surface area contributed by atoms with Crippen LogP contribution in [-0.2, 0) is 6.54 Å². The summed E-state index contributed by atoms with van der Waals surface area (Å²) < 4.78 is 15.5. The monoisotopic (exact) mass is 350 g/mol. The Morgan fingerprint density at radius 2 is 1.62 bits per heavy atom. The zero-order valence-corrected chi connectivity index (χ0v) is 14.4. The SMILES string of the molecule is COc1ccc(NC(=O)NCc2ccc(OC)c(OC)c2)cc1Cl. The third-order valence-electron chi connectivity index (χ3n) is 3.31. The van der Waals surface area contributed by atoms with Gasteiger partial charge in [0.15, 0.2) is 11.5 Å². The van der Waals surface area contributed by atoms with E-state index in [2.05, 4.69) is 10.6 Å². The molecule has 0 spiro atoms. The summed E-state index contributed by atoms with van der Waals surface area (Å²) in [6, 6.07) is 10.1. The van der Waals surface area contributed by atoms with Crippen LogP contribution in [0.1, 0.15) is 5.56 Å². The van der Waals surface area contributed by atoms with Crippen molar-refractivity contribution in [2.45, 2.75) is 6.54 Å². The second-order valence-corrected chi connectivity index (χ2v) is 5.25. The molecule has 0 radical (unpaired) electrons. The Balaban J connectivity index is 1.94. The van der Waals surface area contributed by atoms with E-state index in [4.69, 9.17) is 25.8 Å². The second-order valence-electron chi connectivity index (χ2n) is 4.85. The van der Waals surface area contributed by atoms with Crippen LogP contribution in [0.15, 0.2) is 36.4 Å². The van der Waals surface area contributed by atoms with Crippen LogP contribution >= 0.6 is 11.6 Å². The molecular weight excluding hydrogens is 332 g/mol. The molecule has 2 amide bonds. The Morgan fingerprint density at radius 3 is 2.25 bits per heavy atom. The molecule has 2 aromatic rings. The molecule has 24 heavy (non-hydrogen) atoms. The van der Waals surface area contributed by atoms with Crippen LogP contribution in [0.4, 0.5) is 10.5 Å². The van der Waals surface area contributed by atoms with Crippen molar-refractivity contribution in [2.24, 2.45) is 0 Å². The van der Waals surface area contributed by atoms with Gasteiger partial charge in [-0.15, -0.1) is 0 Å². The zero-order chi connectivity index (χ0) is 17.5. The Hall–Kier alpha value is -2.60. The van der Waals surface area contributed by atoms with Gasteiger partial charge in [0.2, 0.25) is 0 Å². The number of amides is 2. The molecule has 2 N–H and O–H groups in total. The van der Waals surface area contributed by atoms with Gasteiger partial charge in [0.1, 0.15) is 5.75 Å². The van der Waals surface area contributed by atoms with Gasteiger partial charge in [0.05, 0.1) is 26.4 Å². The third kappa shape index (κ3) is 4.45. The van der Waals surface area contributed by atoms with Crippen molar-refractivity contribution < 1.29 is 19.0 Å². The average Bonchev–Trinajstić information content (AvgIpc) is 2.59. The fourth-order valence-electron chi connectivity index (χ4n) is 2.09. The van der Waals surface area contributed by atoms with E-state index in [1.54, 1.807) is 38.5 Å². The lowest BCUT2D eigenvalue weighted by molar-refractivity contribution is 0.251. The lowest BCUT2D eigenvalue weighted by Gasteiger charge is -2.11. The molecule has 0 saturated carbocycles. The Morgan fingerprint density at radius 1 is 0.958 bits per heavy atom. The number of benzene rings is 2. The topological polar surface area (TPSA) is 68.8 Å². The molecule has 0 unspecified atom stereocenters. The number of carbonyl (C=O) groups is 1. The van der Waals surface area contributed by atoms with Crippen molar-refractivity contribution in [2.75, 3.05) is 26.6 Å². The van der Waals surface area contributed by atoms with Crippen LogP contribution in [0, 0.1) is 0 Å². The number of nitrogens with one attached hydrogen (secondary N) is 2. The zero-order valence-electron chi connectivity index (χ0n) is 13.7. The number of carbonyl (C=O) groups excluding carboxylic acids is 1. The minimum Gasteiger partial charge on any atom is -0.495 e. The molecule has 0 atom stereocenters. The lowest BCUT2D eigenvalue weighted by Crippen LogP contribution is -2.28. The van der Waals surface area contributed by atoms with Crippen LogP contribution in [0.25, 0.3) is 0 Å². The maximum Gasteiger partial charge on any atom is 0.319 e. The first-order chi connectivity index (χ1) is 11.6. The Labute approximate surface area is 145 Å². The first-order valence-electron chi connectivity index (χ1n) is 7.16. The minimum atomic E-state index is -0.342. The summed E-state index contributed by atoms with van der Waals surface area (Å²) in [6.45, 7) is 0.343. The molecule has 0 aromatic heterocycles. The van der Waals surface area contributed by atoms with Crippen molar-refractivity contribution in [1.29, 1.82) is 0 Å². The van der Waals surface area contributed by atoms with Gasteiger partial charge in [-0.2, -0.15) is 0 Å². The number of halogens is 1. The summed E-state index contributed by atoms with van der Waals surface area (Å²) >= 11 is 6.03. The highest BCUT2D eigenvalue weighted by Gasteiger charge is 2.07. The van der Waals surface area contributed by atoms with Crippen molar-refractivity contribution in [3.8, 4) is 17.2 Å². The molecule has 0 aliphatic heterocycles. The second kappa shape index (κ2) is 8.31. The number of ether oxygens (including phenoxy) is 3.